The van der Waals surface area contributed by atoms with Crippen molar-refractivity contribution in [3.63, 3.8) is 0 Å². The second-order valence-electron chi connectivity index (χ2n) is 9.79. The van der Waals surface area contributed by atoms with Crippen molar-refractivity contribution in [3.8, 4) is 0 Å². The Morgan fingerprint density at radius 1 is 0.848 bits per heavy atom. The fourth-order valence-corrected chi connectivity index (χ4v) is 24.1. The number of amides is 1. The van der Waals surface area contributed by atoms with Crippen LogP contribution in [-0.2, 0) is 11.2 Å². The monoisotopic (exact) mass is 557 g/mol. The fraction of sp³-hybridized carbons (Fsp3) is 0.552. The minimum absolute atomic E-state index is 0.0355. The van der Waals surface area contributed by atoms with E-state index >= 15 is 0 Å². The van der Waals surface area contributed by atoms with Gasteiger partial charge in [-0.3, -0.25) is 0 Å². The van der Waals surface area contributed by atoms with Crippen LogP contribution in [0.1, 0.15) is 76.5 Å². The number of rotatable bonds is 14. The summed E-state index contributed by atoms with van der Waals surface area (Å²) >= 11 is -2.82. The summed E-state index contributed by atoms with van der Waals surface area (Å²) in [6.45, 7) is 7.43. The number of hydrogen-bond acceptors (Lipinski definition) is 2. The predicted octanol–water partition coefficient (Wildman–Crippen LogP) is 8.18. The van der Waals surface area contributed by atoms with Gasteiger partial charge in [0.25, 0.3) is 0 Å². The summed E-state index contributed by atoms with van der Waals surface area (Å²) in [5.74, 6) is 0. The van der Waals surface area contributed by atoms with Crippen LogP contribution in [0.25, 0.3) is 0 Å². The quantitative estimate of drug-likeness (QED) is 0.220. The molecule has 2 aromatic rings. The zero-order valence-corrected chi connectivity index (χ0v) is 23.8. The maximum absolute atomic E-state index is 13.4. The van der Waals surface area contributed by atoms with Gasteiger partial charge in [0.15, 0.2) is 0 Å². The van der Waals surface area contributed by atoms with Crippen LogP contribution in [0, 0.1) is 0 Å². The molecule has 33 heavy (non-hydrogen) atoms. The average Bonchev–Trinajstić information content (AvgIpc) is 3.24. The van der Waals surface area contributed by atoms with Crippen LogP contribution < -0.4 is 0 Å². The molecule has 4 heteroatoms. The number of nitrogens with zero attached hydrogens (tertiary/aromatic N) is 1. The Kier molecular flexibility index (Phi) is 10.6. The molecule has 0 aromatic heterocycles. The van der Waals surface area contributed by atoms with E-state index in [-0.39, 0.29) is 12.1 Å². The SMILES string of the molecule is CCC[CH2][Sn]([CH2]CCC)([CH2]CCC)[C@@H](Cc1ccccc1)N1C(=O)OC[C@H]1c1ccccc1. The Bertz CT molecular complexity index is 804. The van der Waals surface area contributed by atoms with Gasteiger partial charge in [-0.25, -0.2) is 0 Å². The molecule has 0 N–H and O–H groups in total. The molecule has 2 aromatic carbocycles. The first-order chi connectivity index (χ1) is 16.1. The van der Waals surface area contributed by atoms with Crippen molar-refractivity contribution >= 4 is 24.5 Å². The molecule has 3 rings (SSSR count). The summed E-state index contributed by atoms with van der Waals surface area (Å²) in [4.78, 5) is 15.6. The van der Waals surface area contributed by atoms with Crippen molar-refractivity contribution in [1.82, 2.24) is 4.90 Å². The standard InChI is InChI=1S/C17H16NO2.3C4H9.Sn/c19-17-18(12-11-14-7-3-1-4-8-14)16(13-20-17)15-9-5-2-6-10-15;3*1-3-4-2;/h1-10,12,16H,11,13H2;3*1,3-4H2,2H3;/t16-;;;;/m0..../s1. The zero-order valence-electron chi connectivity index (χ0n) is 21.0. The molecule has 3 nitrogen and oxygen atoms in total. The molecule has 1 aliphatic heterocycles. The molecule has 1 fully saturated rings. The van der Waals surface area contributed by atoms with Crippen molar-refractivity contribution < 1.29 is 9.53 Å². The summed E-state index contributed by atoms with van der Waals surface area (Å²) in [6, 6.07) is 21.5. The van der Waals surface area contributed by atoms with Gasteiger partial charge in [-0.15, -0.1) is 0 Å². The van der Waals surface area contributed by atoms with Crippen molar-refractivity contribution in [1.29, 1.82) is 0 Å². The topological polar surface area (TPSA) is 29.5 Å². The van der Waals surface area contributed by atoms with E-state index in [0.29, 0.717) is 10.7 Å². The van der Waals surface area contributed by atoms with Crippen LogP contribution in [0.4, 0.5) is 4.79 Å². The van der Waals surface area contributed by atoms with Gasteiger partial charge in [0.1, 0.15) is 0 Å². The van der Waals surface area contributed by atoms with Gasteiger partial charge in [-0.1, -0.05) is 0 Å². The number of cyclic esters (lactones) is 1. The van der Waals surface area contributed by atoms with Crippen LogP contribution in [-0.4, -0.2) is 40.0 Å². The summed E-state index contributed by atoms with van der Waals surface area (Å²) < 4.78 is 10.3. The molecule has 0 unspecified atom stereocenters. The van der Waals surface area contributed by atoms with Gasteiger partial charge in [0.2, 0.25) is 0 Å². The number of ether oxygens (including phenoxy) is 1. The Labute approximate surface area is 205 Å². The minimum atomic E-state index is -2.82. The summed E-state index contributed by atoms with van der Waals surface area (Å²) in [5, 5.41) is 0. The third-order valence-corrected chi connectivity index (χ3v) is 24.5. The molecule has 2 atom stereocenters. The molecule has 0 aliphatic carbocycles. The third-order valence-electron chi connectivity index (χ3n) is 7.49. The van der Waals surface area contributed by atoms with E-state index in [1.807, 2.05) is 0 Å². The summed E-state index contributed by atoms with van der Waals surface area (Å²) in [6.07, 6.45) is 8.50. The molecule has 0 bridgehead atoms. The molecule has 0 radical (unpaired) electrons. The number of unbranched alkanes of at least 4 members (excludes halogenated alkanes) is 3. The van der Waals surface area contributed by atoms with Gasteiger partial charge < -0.3 is 0 Å². The molecule has 1 heterocycles. The first kappa shape index (κ1) is 26.1. The Hall–Kier alpha value is -1.49. The van der Waals surface area contributed by atoms with E-state index in [1.165, 1.54) is 63.0 Å². The van der Waals surface area contributed by atoms with Crippen molar-refractivity contribution in [3.05, 3.63) is 71.8 Å². The van der Waals surface area contributed by atoms with Gasteiger partial charge >= 0.3 is 206 Å². The van der Waals surface area contributed by atoms with Gasteiger partial charge in [-0.2, -0.15) is 0 Å². The van der Waals surface area contributed by atoms with Crippen LogP contribution in [0.5, 0.6) is 0 Å². The van der Waals surface area contributed by atoms with Crippen LogP contribution in [0.3, 0.4) is 0 Å². The molecule has 1 amide bonds. The molecule has 0 saturated carbocycles. The van der Waals surface area contributed by atoms with E-state index in [4.69, 9.17) is 4.74 Å². The van der Waals surface area contributed by atoms with Gasteiger partial charge in [0, 0.05) is 0 Å². The predicted molar refractivity (Wildman–Crippen MR) is 141 cm³/mol. The fourth-order valence-electron chi connectivity index (χ4n) is 5.62. The number of hydrogen-bond donors (Lipinski definition) is 0. The van der Waals surface area contributed by atoms with Crippen molar-refractivity contribution in [2.75, 3.05) is 6.61 Å². The summed E-state index contributed by atoms with van der Waals surface area (Å²) in [5.41, 5.74) is 2.57. The van der Waals surface area contributed by atoms with E-state index in [9.17, 15) is 4.79 Å². The molecule has 180 valence electrons. The summed E-state index contributed by atoms with van der Waals surface area (Å²) in [7, 11) is 0. The molecule has 0 spiro atoms. The van der Waals surface area contributed by atoms with E-state index in [2.05, 4.69) is 86.3 Å². The Morgan fingerprint density at radius 2 is 1.36 bits per heavy atom. The molecular weight excluding hydrogens is 513 g/mol. The zero-order chi connectivity index (χ0) is 23.5. The van der Waals surface area contributed by atoms with Crippen LogP contribution >= 0.6 is 0 Å². The Morgan fingerprint density at radius 3 is 1.88 bits per heavy atom. The van der Waals surface area contributed by atoms with Crippen molar-refractivity contribution in [2.24, 2.45) is 0 Å². The first-order valence-electron chi connectivity index (χ1n) is 13.2. The first-order valence-corrected chi connectivity index (χ1v) is 20.9. The third kappa shape index (κ3) is 6.77. The number of carbonyl (C=O) groups excluding carboxylic acids is 1. The van der Waals surface area contributed by atoms with Crippen molar-refractivity contribution in [2.45, 2.75) is 89.1 Å². The van der Waals surface area contributed by atoms with E-state index in [0.717, 1.165) is 6.42 Å². The van der Waals surface area contributed by atoms with Gasteiger partial charge in [0.05, 0.1) is 0 Å². The number of benzene rings is 2. The maximum atomic E-state index is 13.4. The second kappa shape index (κ2) is 13.4. The second-order valence-corrected chi connectivity index (χ2v) is 23.7. The normalized spacial score (nSPS) is 17.2. The van der Waals surface area contributed by atoms with E-state index in [1.54, 1.807) is 0 Å². The molecular formula is C29H43NO2Sn. The number of carbonyl (C=O) groups is 1. The molecule has 1 saturated heterocycles. The molecule has 1 aliphatic rings. The van der Waals surface area contributed by atoms with Gasteiger partial charge in [-0.05, 0) is 0 Å². The van der Waals surface area contributed by atoms with Crippen LogP contribution in [0.2, 0.25) is 13.3 Å². The van der Waals surface area contributed by atoms with Crippen LogP contribution in [0.15, 0.2) is 60.7 Å². The Balaban J connectivity index is 2.08. The average molecular weight is 556 g/mol. The van der Waals surface area contributed by atoms with E-state index < -0.39 is 18.4 Å².